The smallest absolute Gasteiger partial charge is 0.345 e. The molecule has 0 unspecified atom stereocenters. The van der Waals surface area contributed by atoms with Crippen LogP contribution in [0.2, 0.25) is 20.1 Å². The van der Waals surface area contributed by atoms with E-state index in [4.69, 9.17) is 55.9 Å². The van der Waals surface area contributed by atoms with Crippen LogP contribution < -0.4 is 14.9 Å². The summed E-state index contributed by atoms with van der Waals surface area (Å²) in [6.45, 7) is 0. The molecule has 0 fully saturated rings. The highest BCUT2D eigenvalue weighted by molar-refractivity contribution is 6.40. The van der Waals surface area contributed by atoms with Crippen molar-refractivity contribution < 1.29 is 19.1 Å². The topological polar surface area (TPSA) is 92.8 Å². The van der Waals surface area contributed by atoms with Crippen molar-refractivity contribution in [2.75, 3.05) is 7.11 Å². The first-order valence-electron chi connectivity index (χ1n) is 12.0. The van der Waals surface area contributed by atoms with E-state index in [2.05, 4.69) is 15.5 Å². The van der Waals surface area contributed by atoms with Crippen LogP contribution in [0, 0.1) is 0 Å². The van der Waals surface area contributed by atoms with E-state index in [1.54, 1.807) is 30.3 Å². The molecule has 41 heavy (non-hydrogen) atoms. The molecule has 7 nitrogen and oxygen atoms in total. The Hall–Kier alpha value is -4.01. The number of hydrogen-bond acceptors (Lipinski definition) is 5. The molecule has 5 rings (SSSR count). The number of carbonyl (C=O) groups is 2. The molecule has 0 spiro atoms. The molecule has 0 aliphatic heterocycles. The van der Waals surface area contributed by atoms with Crippen molar-refractivity contribution in [1.82, 2.24) is 10.4 Å². The summed E-state index contributed by atoms with van der Waals surface area (Å²) in [5, 5.41) is 6.18. The maximum atomic E-state index is 13.2. The number of aromatic nitrogens is 1. The van der Waals surface area contributed by atoms with E-state index in [-0.39, 0.29) is 27.8 Å². The maximum absolute atomic E-state index is 13.2. The van der Waals surface area contributed by atoms with E-state index in [0.29, 0.717) is 37.1 Å². The SMILES string of the molecule is COc1cc(C=NNC(=O)c2[nH]c3cc(Cl)cc(Cl)c3c2-c2ccccc2)ccc1OC(=O)c1ccc(Cl)cc1Cl. The number of nitrogens with zero attached hydrogens (tertiary/aromatic N) is 1. The number of hydrazone groups is 1. The molecule has 4 aromatic carbocycles. The van der Waals surface area contributed by atoms with Crippen LogP contribution in [-0.4, -0.2) is 30.2 Å². The van der Waals surface area contributed by atoms with Gasteiger partial charge in [0.15, 0.2) is 11.5 Å². The van der Waals surface area contributed by atoms with E-state index in [1.807, 2.05) is 30.3 Å². The fourth-order valence-electron chi connectivity index (χ4n) is 4.19. The van der Waals surface area contributed by atoms with E-state index in [9.17, 15) is 9.59 Å². The quantitative estimate of drug-likeness (QED) is 0.0820. The molecule has 0 bridgehead atoms. The number of hydrogen-bond donors (Lipinski definition) is 2. The van der Waals surface area contributed by atoms with Gasteiger partial charge >= 0.3 is 5.97 Å². The van der Waals surface area contributed by atoms with E-state index < -0.39 is 11.9 Å². The Morgan fingerprint density at radius 1 is 0.854 bits per heavy atom. The molecule has 11 heteroatoms. The number of amides is 1. The highest BCUT2D eigenvalue weighted by Gasteiger charge is 2.21. The van der Waals surface area contributed by atoms with Crippen molar-refractivity contribution in [2.24, 2.45) is 5.10 Å². The molecule has 1 heterocycles. The first kappa shape index (κ1) is 28.5. The zero-order valence-corrected chi connectivity index (χ0v) is 24.2. The molecule has 206 valence electrons. The van der Waals surface area contributed by atoms with Crippen LogP contribution in [-0.2, 0) is 0 Å². The molecule has 0 saturated carbocycles. The van der Waals surface area contributed by atoms with Crippen LogP contribution >= 0.6 is 46.4 Å². The van der Waals surface area contributed by atoms with Gasteiger partial charge in [0, 0.05) is 26.5 Å². The minimum absolute atomic E-state index is 0.155. The lowest BCUT2D eigenvalue weighted by Gasteiger charge is -2.10. The lowest BCUT2D eigenvalue weighted by Crippen LogP contribution is -2.18. The van der Waals surface area contributed by atoms with Gasteiger partial charge in [-0.05, 0) is 59.7 Å². The number of benzene rings is 4. The molecule has 0 aliphatic carbocycles. The van der Waals surface area contributed by atoms with Crippen molar-refractivity contribution in [3.63, 3.8) is 0 Å². The van der Waals surface area contributed by atoms with Gasteiger partial charge in [-0.25, -0.2) is 10.2 Å². The number of halogens is 4. The van der Waals surface area contributed by atoms with Gasteiger partial charge in [-0.1, -0.05) is 76.7 Å². The summed E-state index contributed by atoms with van der Waals surface area (Å²) in [5.41, 5.74) is 5.58. The zero-order valence-electron chi connectivity index (χ0n) is 21.2. The third-order valence-corrected chi connectivity index (χ3v) is 7.09. The zero-order chi connectivity index (χ0) is 29.1. The molecule has 2 N–H and O–H groups in total. The summed E-state index contributed by atoms with van der Waals surface area (Å²) < 4.78 is 10.9. The molecule has 0 atom stereocenters. The number of carbonyl (C=O) groups excluding carboxylic acids is 2. The summed E-state index contributed by atoms with van der Waals surface area (Å²) in [5.74, 6) is -0.716. The average molecular weight is 627 g/mol. The highest BCUT2D eigenvalue weighted by atomic mass is 35.5. The van der Waals surface area contributed by atoms with Crippen LogP contribution in [0.4, 0.5) is 0 Å². The van der Waals surface area contributed by atoms with Crippen LogP contribution in [0.5, 0.6) is 11.5 Å². The summed E-state index contributed by atoms with van der Waals surface area (Å²) in [4.78, 5) is 29.0. The number of fused-ring (bicyclic) bond motifs is 1. The number of aromatic amines is 1. The third kappa shape index (κ3) is 6.19. The van der Waals surface area contributed by atoms with E-state index in [0.717, 1.165) is 5.56 Å². The number of nitrogens with one attached hydrogen (secondary N) is 2. The van der Waals surface area contributed by atoms with Crippen molar-refractivity contribution in [3.05, 3.63) is 116 Å². The fraction of sp³-hybridized carbons (Fsp3) is 0.0333. The number of esters is 1. The molecule has 1 aromatic heterocycles. The van der Waals surface area contributed by atoms with Crippen molar-refractivity contribution in [3.8, 4) is 22.6 Å². The minimum atomic E-state index is -0.674. The van der Waals surface area contributed by atoms with E-state index >= 15 is 0 Å². The Morgan fingerprint density at radius 2 is 1.61 bits per heavy atom. The molecule has 1 amide bonds. The second-order valence-corrected chi connectivity index (χ2v) is 10.4. The van der Waals surface area contributed by atoms with Gasteiger partial charge < -0.3 is 14.5 Å². The van der Waals surface area contributed by atoms with Crippen LogP contribution in [0.3, 0.4) is 0 Å². The molecular formula is C30H19Cl4N3O4. The van der Waals surface area contributed by atoms with Gasteiger partial charge in [0.1, 0.15) is 5.69 Å². The molecule has 0 aliphatic rings. The summed E-state index contributed by atoms with van der Waals surface area (Å²) in [7, 11) is 1.43. The number of ether oxygens (including phenoxy) is 2. The fourth-order valence-corrected chi connectivity index (χ4v) is 5.27. The van der Waals surface area contributed by atoms with Crippen molar-refractivity contribution in [1.29, 1.82) is 0 Å². The number of rotatable bonds is 7. The Balaban J connectivity index is 1.37. The normalized spacial score (nSPS) is 11.1. The second-order valence-electron chi connectivity index (χ2n) is 8.67. The van der Waals surface area contributed by atoms with E-state index in [1.165, 1.54) is 31.5 Å². The molecule has 5 aromatic rings. The summed E-state index contributed by atoms with van der Waals surface area (Å²) >= 11 is 24.7. The van der Waals surface area contributed by atoms with Gasteiger partial charge in [0.05, 0.1) is 28.9 Å². The highest BCUT2D eigenvalue weighted by Crippen LogP contribution is 2.38. The Kier molecular flexibility index (Phi) is 8.52. The molecular weight excluding hydrogens is 608 g/mol. The molecule has 0 saturated heterocycles. The first-order valence-corrected chi connectivity index (χ1v) is 13.5. The predicted octanol–water partition coefficient (Wildman–Crippen LogP) is 8.44. The van der Waals surface area contributed by atoms with Crippen molar-refractivity contribution in [2.45, 2.75) is 0 Å². The van der Waals surface area contributed by atoms with Gasteiger partial charge in [0.25, 0.3) is 5.91 Å². The van der Waals surface area contributed by atoms with Crippen LogP contribution in [0.25, 0.3) is 22.0 Å². The Morgan fingerprint density at radius 3 is 2.34 bits per heavy atom. The lowest BCUT2D eigenvalue weighted by molar-refractivity contribution is 0.0729. The number of methoxy groups -OCH3 is 1. The Labute approximate surface area is 254 Å². The first-order chi connectivity index (χ1) is 19.7. The lowest BCUT2D eigenvalue weighted by atomic mass is 10.0. The second kappa shape index (κ2) is 12.2. The van der Waals surface area contributed by atoms with Gasteiger partial charge in [-0.3, -0.25) is 4.79 Å². The maximum Gasteiger partial charge on any atom is 0.345 e. The van der Waals surface area contributed by atoms with Crippen LogP contribution in [0.1, 0.15) is 26.4 Å². The third-order valence-electron chi connectivity index (χ3n) is 6.03. The monoisotopic (exact) mass is 625 g/mol. The summed E-state index contributed by atoms with van der Waals surface area (Å²) in [6, 6.07) is 22.0. The predicted molar refractivity (Wildman–Crippen MR) is 163 cm³/mol. The van der Waals surface area contributed by atoms with Gasteiger partial charge in [-0.2, -0.15) is 5.10 Å². The van der Waals surface area contributed by atoms with Crippen molar-refractivity contribution >= 4 is 75.4 Å². The van der Waals surface area contributed by atoms with Gasteiger partial charge in [-0.15, -0.1) is 0 Å². The minimum Gasteiger partial charge on any atom is -0.493 e. The Bertz CT molecular complexity index is 1820. The standard InChI is InChI=1S/C30H19Cl4N3O4/c1-40-25-11-16(7-10-24(25)41-30(39)20-9-8-18(31)12-21(20)33)15-35-37-29(38)28-26(17-5-3-2-4-6-17)27-22(34)13-19(32)14-23(27)36-28/h2-15,36H,1H3,(H,37,38). The number of H-pyrrole nitrogens is 1. The largest absolute Gasteiger partial charge is 0.493 e. The molecule has 0 radical (unpaired) electrons. The van der Waals surface area contributed by atoms with Gasteiger partial charge in [0.2, 0.25) is 0 Å². The summed E-state index contributed by atoms with van der Waals surface area (Å²) in [6.07, 6.45) is 1.43. The van der Waals surface area contributed by atoms with Crippen LogP contribution in [0.15, 0.2) is 84.0 Å². The average Bonchev–Trinajstić information content (AvgIpc) is 3.34.